The topological polar surface area (TPSA) is 87.7 Å². The van der Waals surface area contributed by atoms with Gasteiger partial charge in [-0.25, -0.2) is 9.59 Å². The second kappa shape index (κ2) is 7.11. The first-order valence-corrected chi connectivity index (χ1v) is 6.01. The van der Waals surface area contributed by atoms with Crippen molar-refractivity contribution in [3.8, 4) is 0 Å². The maximum absolute atomic E-state index is 11.6. The van der Waals surface area contributed by atoms with Crippen LogP contribution in [0.3, 0.4) is 0 Å². The summed E-state index contributed by atoms with van der Waals surface area (Å²) in [7, 11) is 0. The molecule has 0 aromatic carbocycles. The van der Waals surface area contributed by atoms with Gasteiger partial charge in [-0.05, 0) is 19.3 Å². The monoisotopic (exact) mass is 244 g/mol. The lowest BCUT2D eigenvalue weighted by atomic mass is 10.1. The zero-order chi connectivity index (χ0) is 12.7. The highest BCUT2D eigenvalue weighted by Crippen LogP contribution is 2.06. The minimum absolute atomic E-state index is 0.0832. The summed E-state index contributed by atoms with van der Waals surface area (Å²) in [4.78, 5) is 22.4. The van der Waals surface area contributed by atoms with Crippen LogP contribution < -0.4 is 10.6 Å². The summed E-state index contributed by atoms with van der Waals surface area (Å²) in [5, 5.41) is 14.1. The molecular formula is C11H20N2O4. The minimum atomic E-state index is -0.992. The van der Waals surface area contributed by atoms with Crippen LogP contribution in [0.15, 0.2) is 0 Å². The molecule has 1 aliphatic rings. The van der Waals surface area contributed by atoms with Crippen molar-refractivity contribution in [1.82, 2.24) is 10.6 Å². The molecule has 0 aromatic rings. The van der Waals surface area contributed by atoms with Crippen LogP contribution in [0, 0.1) is 0 Å². The Balaban J connectivity index is 2.33. The number of carboxylic acids is 1. The van der Waals surface area contributed by atoms with Gasteiger partial charge in [0.2, 0.25) is 0 Å². The quantitative estimate of drug-likeness (QED) is 0.665. The molecule has 0 saturated carbocycles. The molecule has 1 heterocycles. The van der Waals surface area contributed by atoms with E-state index in [0.717, 1.165) is 12.8 Å². The van der Waals surface area contributed by atoms with E-state index in [-0.39, 0.29) is 6.04 Å². The summed E-state index contributed by atoms with van der Waals surface area (Å²) in [6.45, 7) is 3.17. The summed E-state index contributed by atoms with van der Waals surface area (Å²) in [5.41, 5.74) is 0. The number of nitrogens with one attached hydrogen (secondary N) is 2. The van der Waals surface area contributed by atoms with Crippen molar-refractivity contribution in [3.05, 3.63) is 0 Å². The van der Waals surface area contributed by atoms with E-state index in [1.807, 2.05) is 6.92 Å². The molecule has 1 aliphatic heterocycles. The van der Waals surface area contributed by atoms with E-state index in [9.17, 15) is 9.59 Å². The van der Waals surface area contributed by atoms with Crippen LogP contribution >= 0.6 is 0 Å². The van der Waals surface area contributed by atoms with Crippen LogP contribution in [0.4, 0.5) is 4.79 Å². The summed E-state index contributed by atoms with van der Waals surface area (Å²) < 4.78 is 5.17. The van der Waals surface area contributed by atoms with Crippen molar-refractivity contribution in [2.45, 2.75) is 44.7 Å². The number of rotatable bonds is 5. The second-order valence-electron chi connectivity index (χ2n) is 4.18. The summed E-state index contributed by atoms with van der Waals surface area (Å²) >= 11 is 0. The first-order valence-electron chi connectivity index (χ1n) is 6.01. The molecular weight excluding hydrogens is 224 g/mol. The Kier molecular flexibility index (Phi) is 5.76. The van der Waals surface area contributed by atoms with Crippen molar-refractivity contribution < 1.29 is 19.4 Å². The molecule has 1 saturated heterocycles. The average Bonchev–Trinajstić information content (AvgIpc) is 2.29. The number of carbonyl (C=O) groups excluding carboxylic acids is 1. The van der Waals surface area contributed by atoms with Gasteiger partial charge in [0, 0.05) is 19.3 Å². The summed E-state index contributed by atoms with van der Waals surface area (Å²) in [6, 6.07) is -1.13. The molecule has 0 radical (unpaired) electrons. The van der Waals surface area contributed by atoms with E-state index in [1.54, 1.807) is 0 Å². The highest BCUT2D eigenvalue weighted by molar-refractivity contribution is 5.82. The van der Waals surface area contributed by atoms with Gasteiger partial charge in [-0.15, -0.1) is 0 Å². The van der Waals surface area contributed by atoms with Crippen molar-refractivity contribution in [2.24, 2.45) is 0 Å². The van der Waals surface area contributed by atoms with Crippen molar-refractivity contribution >= 4 is 12.0 Å². The van der Waals surface area contributed by atoms with Crippen LogP contribution in [0.2, 0.25) is 0 Å². The van der Waals surface area contributed by atoms with Gasteiger partial charge in [0.05, 0.1) is 0 Å². The SMILES string of the molecule is CCC[C@@H](NC(=O)NC1CCOCC1)C(=O)O. The summed E-state index contributed by atoms with van der Waals surface area (Å²) in [6.07, 6.45) is 2.71. The first-order chi connectivity index (χ1) is 8.13. The van der Waals surface area contributed by atoms with Gasteiger partial charge in [0.1, 0.15) is 6.04 Å². The van der Waals surface area contributed by atoms with Gasteiger partial charge >= 0.3 is 12.0 Å². The lowest BCUT2D eigenvalue weighted by Gasteiger charge is -2.24. The van der Waals surface area contributed by atoms with Gasteiger partial charge in [-0.1, -0.05) is 13.3 Å². The molecule has 1 rings (SSSR count). The lowest BCUT2D eigenvalue weighted by Crippen LogP contribution is -2.50. The van der Waals surface area contributed by atoms with Crippen LogP contribution in [0.5, 0.6) is 0 Å². The molecule has 0 aliphatic carbocycles. The zero-order valence-electron chi connectivity index (χ0n) is 10.1. The highest BCUT2D eigenvalue weighted by Gasteiger charge is 2.21. The van der Waals surface area contributed by atoms with Gasteiger partial charge in [0.25, 0.3) is 0 Å². The number of ether oxygens (including phenoxy) is 1. The average molecular weight is 244 g/mol. The number of aliphatic carboxylic acids is 1. The van der Waals surface area contributed by atoms with Crippen LogP contribution in [0.25, 0.3) is 0 Å². The predicted octanol–water partition coefficient (Wildman–Crippen LogP) is 0.718. The molecule has 6 heteroatoms. The fraction of sp³-hybridized carbons (Fsp3) is 0.818. The van der Waals surface area contributed by atoms with Gasteiger partial charge in [0.15, 0.2) is 0 Å². The smallest absolute Gasteiger partial charge is 0.326 e. The number of carbonyl (C=O) groups is 2. The Morgan fingerprint density at radius 2 is 2.06 bits per heavy atom. The van der Waals surface area contributed by atoms with Crippen molar-refractivity contribution in [1.29, 1.82) is 0 Å². The predicted molar refractivity (Wildman–Crippen MR) is 61.8 cm³/mol. The molecule has 0 bridgehead atoms. The lowest BCUT2D eigenvalue weighted by molar-refractivity contribution is -0.139. The molecule has 6 nitrogen and oxygen atoms in total. The fourth-order valence-electron chi connectivity index (χ4n) is 1.77. The molecule has 1 atom stereocenters. The van der Waals surface area contributed by atoms with E-state index in [1.165, 1.54) is 0 Å². The molecule has 17 heavy (non-hydrogen) atoms. The van der Waals surface area contributed by atoms with Gasteiger partial charge in [-0.3, -0.25) is 0 Å². The van der Waals surface area contributed by atoms with E-state index >= 15 is 0 Å². The maximum atomic E-state index is 11.6. The van der Waals surface area contributed by atoms with E-state index in [0.29, 0.717) is 26.1 Å². The number of amides is 2. The van der Waals surface area contributed by atoms with Gasteiger partial charge in [-0.2, -0.15) is 0 Å². The largest absolute Gasteiger partial charge is 0.480 e. The third-order valence-corrected chi connectivity index (χ3v) is 2.74. The molecule has 0 spiro atoms. The van der Waals surface area contributed by atoms with Crippen LogP contribution in [-0.2, 0) is 9.53 Å². The highest BCUT2D eigenvalue weighted by atomic mass is 16.5. The number of hydrogen-bond donors (Lipinski definition) is 3. The Morgan fingerprint density at radius 1 is 1.41 bits per heavy atom. The number of hydrogen-bond acceptors (Lipinski definition) is 3. The van der Waals surface area contributed by atoms with Crippen molar-refractivity contribution in [2.75, 3.05) is 13.2 Å². The fourth-order valence-corrected chi connectivity index (χ4v) is 1.77. The molecule has 0 aromatic heterocycles. The zero-order valence-corrected chi connectivity index (χ0v) is 10.1. The molecule has 2 amide bonds. The van der Waals surface area contributed by atoms with Crippen LogP contribution in [-0.4, -0.2) is 42.4 Å². The minimum Gasteiger partial charge on any atom is -0.480 e. The Labute approximate surface area is 101 Å². The van der Waals surface area contributed by atoms with E-state index < -0.39 is 18.0 Å². The van der Waals surface area contributed by atoms with Crippen molar-refractivity contribution in [3.63, 3.8) is 0 Å². The Morgan fingerprint density at radius 3 is 2.59 bits per heavy atom. The molecule has 1 fully saturated rings. The summed E-state index contributed by atoms with van der Waals surface area (Å²) in [5.74, 6) is -0.992. The first kappa shape index (κ1) is 13.8. The Hall–Kier alpha value is -1.30. The van der Waals surface area contributed by atoms with Gasteiger partial charge < -0.3 is 20.5 Å². The van der Waals surface area contributed by atoms with E-state index in [4.69, 9.17) is 9.84 Å². The van der Waals surface area contributed by atoms with Crippen LogP contribution in [0.1, 0.15) is 32.6 Å². The maximum Gasteiger partial charge on any atom is 0.326 e. The molecule has 98 valence electrons. The second-order valence-corrected chi connectivity index (χ2v) is 4.18. The number of urea groups is 1. The molecule has 3 N–H and O–H groups in total. The number of carboxylic acid groups (broad SMARTS) is 1. The third kappa shape index (κ3) is 5.04. The standard InChI is InChI=1S/C11H20N2O4/c1-2-3-9(10(14)15)13-11(16)12-8-4-6-17-7-5-8/h8-9H,2-7H2,1H3,(H,14,15)(H2,12,13,16)/t9-/m1/s1. The molecule has 0 unspecified atom stereocenters. The Bertz CT molecular complexity index is 264. The van der Waals surface area contributed by atoms with E-state index in [2.05, 4.69) is 10.6 Å². The third-order valence-electron chi connectivity index (χ3n) is 2.74. The normalized spacial score (nSPS) is 18.4.